The van der Waals surface area contributed by atoms with Crippen LogP contribution in [0.25, 0.3) is 109 Å². The Morgan fingerprint density at radius 2 is 0.912 bits per heavy atom. The van der Waals surface area contributed by atoms with Crippen LogP contribution in [-0.2, 0) is 0 Å². The summed E-state index contributed by atoms with van der Waals surface area (Å²) in [4.78, 5) is 15.8. The minimum Gasteiger partial charge on any atom is -0.309 e. The van der Waals surface area contributed by atoms with Gasteiger partial charge in [-0.3, -0.25) is 4.57 Å². The smallest absolute Gasteiger partial charge is 0.238 e. The number of thiophene rings is 1. The number of hydrogen-bond acceptors (Lipinski definition) is 4. The number of nitrogens with zero attached hydrogens (tertiary/aromatic N) is 5. The molecule has 0 amide bonds. The van der Waals surface area contributed by atoms with Gasteiger partial charge in [-0.15, -0.1) is 11.3 Å². The highest BCUT2D eigenvalue weighted by Crippen LogP contribution is 2.42. The Kier molecular flexibility index (Phi) is 7.03. The number of para-hydroxylation sites is 3. The summed E-state index contributed by atoms with van der Waals surface area (Å²) < 4.78 is 7.15. The molecule has 0 saturated carbocycles. The van der Waals surface area contributed by atoms with Crippen LogP contribution in [-0.4, -0.2) is 24.1 Å². The first-order chi connectivity index (χ1) is 28.3. The SMILES string of the molecule is c1ccc(-c2nc(-c3cccc(-c4cccc5c4sc4ccccc45)c3)nc(-n3c4ccccc4c4cc5c6ccccc6n(-c6ccccc6)c5cc43)n2)cc1. The molecule has 266 valence electrons. The van der Waals surface area contributed by atoms with Crippen LogP contribution in [0.2, 0.25) is 0 Å². The third-order valence-electron chi connectivity index (χ3n) is 11.2. The quantitative estimate of drug-likeness (QED) is 0.176. The first kappa shape index (κ1) is 31.9. The predicted molar refractivity (Wildman–Crippen MR) is 238 cm³/mol. The molecule has 0 radical (unpaired) electrons. The van der Waals surface area contributed by atoms with Gasteiger partial charge in [0.15, 0.2) is 11.6 Å². The zero-order chi connectivity index (χ0) is 37.5. The standard InChI is InChI=1S/C51H31N5S/c1-3-15-32(16-4-1)49-52-50(34-18-13-17-33(29-34)36-24-14-25-40-39-23-9-12-28-47(39)57-48(36)40)54-51(53-49)56-44-27-11-8-22-38(44)42-30-41-37-21-7-10-26-43(37)55(45(41)31-46(42)56)35-19-5-2-6-20-35/h1-31H. The molecule has 0 unspecified atom stereocenters. The number of rotatable bonds is 5. The van der Waals surface area contributed by atoms with Gasteiger partial charge in [-0.2, -0.15) is 9.97 Å². The minimum atomic E-state index is 0.573. The topological polar surface area (TPSA) is 48.5 Å². The van der Waals surface area contributed by atoms with E-state index < -0.39 is 0 Å². The lowest BCUT2D eigenvalue weighted by Gasteiger charge is -2.12. The molecule has 0 aliphatic carbocycles. The average molecular weight is 746 g/mol. The molecule has 0 bridgehead atoms. The van der Waals surface area contributed by atoms with E-state index in [4.69, 9.17) is 15.0 Å². The third-order valence-corrected chi connectivity index (χ3v) is 12.4. The van der Waals surface area contributed by atoms with Gasteiger partial charge in [0.1, 0.15) is 0 Å². The Morgan fingerprint density at radius 1 is 0.351 bits per heavy atom. The lowest BCUT2D eigenvalue weighted by atomic mass is 10.0. The first-order valence-corrected chi connectivity index (χ1v) is 19.9. The summed E-state index contributed by atoms with van der Waals surface area (Å²) in [6.07, 6.45) is 0. The Labute approximate surface area is 331 Å². The molecule has 0 aliphatic rings. The van der Waals surface area contributed by atoms with Crippen molar-refractivity contribution in [3.63, 3.8) is 0 Å². The van der Waals surface area contributed by atoms with Crippen LogP contribution in [0.1, 0.15) is 0 Å². The van der Waals surface area contributed by atoms with Crippen LogP contribution in [0, 0.1) is 0 Å². The van der Waals surface area contributed by atoms with Gasteiger partial charge >= 0.3 is 0 Å². The summed E-state index contributed by atoms with van der Waals surface area (Å²) in [6.45, 7) is 0. The zero-order valence-corrected chi connectivity index (χ0v) is 31.4. The molecule has 5 nitrogen and oxygen atoms in total. The van der Waals surface area contributed by atoms with Crippen molar-refractivity contribution in [2.24, 2.45) is 0 Å². The summed E-state index contributed by atoms with van der Waals surface area (Å²) in [7, 11) is 0. The van der Waals surface area contributed by atoms with Crippen LogP contribution < -0.4 is 0 Å². The lowest BCUT2D eigenvalue weighted by Crippen LogP contribution is -2.06. The predicted octanol–water partition coefficient (Wildman–Crippen LogP) is 13.4. The molecule has 0 N–H and O–H groups in total. The molecule has 0 aliphatic heterocycles. The number of aromatic nitrogens is 5. The lowest BCUT2D eigenvalue weighted by molar-refractivity contribution is 0.953. The van der Waals surface area contributed by atoms with E-state index >= 15 is 0 Å². The molecule has 8 aromatic carbocycles. The Balaban J connectivity index is 1.12. The van der Waals surface area contributed by atoms with Gasteiger partial charge in [-0.25, -0.2) is 4.98 Å². The minimum absolute atomic E-state index is 0.573. The molecule has 57 heavy (non-hydrogen) atoms. The van der Waals surface area contributed by atoms with E-state index in [0.717, 1.165) is 49.7 Å². The van der Waals surface area contributed by atoms with Crippen molar-refractivity contribution in [3.05, 3.63) is 188 Å². The number of benzene rings is 8. The summed E-state index contributed by atoms with van der Waals surface area (Å²) in [5.74, 6) is 1.82. The fraction of sp³-hybridized carbons (Fsp3) is 0. The van der Waals surface area contributed by atoms with Crippen LogP contribution in [0.5, 0.6) is 0 Å². The molecule has 0 atom stereocenters. The van der Waals surface area contributed by atoms with E-state index in [1.165, 1.54) is 42.0 Å². The zero-order valence-electron chi connectivity index (χ0n) is 30.5. The number of hydrogen-bond donors (Lipinski definition) is 0. The molecule has 6 heteroatoms. The molecular weight excluding hydrogens is 715 g/mol. The maximum Gasteiger partial charge on any atom is 0.238 e. The third kappa shape index (κ3) is 4.98. The van der Waals surface area contributed by atoms with Gasteiger partial charge in [0.05, 0.1) is 22.1 Å². The first-order valence-electron chi connectivity index (χ1n) is 19.1. The van der Waals surface area contributed by atoms with E-state index in [9.17, 15) is 0 Å². The second-order valence-corrected chi connectivity index (χ2v) is 15.5. The highest BCUT2D eigenvalue weighted by atomic mass is 32.1. The fourth-order valence-electron chi connectivity index (χ4n) is 8.61. The van der Waals surface area contributed by atoms with Crippen molar-refractivity contribution >= 4 is 75.1 Å². The van der Waals surface area contributed by atoms with Crippen molar-refractivity contribution in [3.8, 4) is 45.5 Å². The fourth-order valence-corrected chi connectivity index (χ4v) is 9.85. The maximum atomic E-state index is 5.34. The molecular formula is C51H31N5S. The molecule has 0 fully saturated rings. The molecule has 4 aromatic heterocycles. The van der Waals surface area contributed by atoms with Crippen LogP contribution in [0.3, 0.4) is 0 Å². The molecule has 4 heterocycles. The van der Waals surface area contributed by atoms with E-state index in [0.29, 0.717) is 17.6 Å². The Morgan fingerprint density at radius 3 is 1.68 bits per heavy atom. The summed E-state index contributed by atoms with van der Waals surface area (Å²) in [5.41, 5.74) is 9.67. The van der Waals surface area contributed by atoms with Gasteiger partial charge < -0.3 is 4.57 Å². The van der Waals surface area contributed by atoms with E-state index in [1.54, 1.807) is 0 Å². The van der Waals surface area contributed by atoms with Gasteiger partial charge in [0, 0.05) is 58.5 Å². The molecule has 0 saturated heterocycles. The van der Waals surface area contributed by atoms with Crippen molar-refractivity contribution in [2.75, 3.05) is 0 Å². The average Bonchev–Trinajstić information content (AvgIpc) is 3.93. The van der Waals surface area contributed by atoms with Crippen molar-refractivity contribution in [1.29, 1.82) is 0 Å². The van der Waals surface area contributed by atoms with E-state index in [-0.39, 0.29) is 0 Å². The summed E-state index contributed by atoms with van der Waals surface area (Å²) >= 11 is 1.84. The highest BCUT2D eigenvalue weighted by molar-refractivity contribution is 7.26. The van der Waals surface area contributed by atoms with Gasteiger partial charge in [0.2, 0.25) is 5.95 Å². The normalized spacial score (nSPS) is 11.9. The second-order valence-electron chi connectivity index (χ2n) is 14.4. The Bertz CT molecular complexity index is 3520. The van der Waals surface area contributed by atoms with E-state index in [2.05, 4.69) is 179 Å². The van der Waals surface area contributed by atoms with Crippen LogP contribution in [0.4, 0.5) is 0 Å². The molecule has 12 rings (SSSR count). The maximum absolute atomic E-state index is 5.34. The van der Waals surface area contributed by atoms with Crippen LogP contribution in [0.15, 0.2) is 188 Å². The monoisotopic (exact) mass is 745 g/mol. The largest absolute Gasteiger partial charge is 0.309 e. The van der Waals surface area contributed by atoms with Crippen molar-refractivity contribution < 1.29 is 0 Å². The molecule has 0 spiro atoms. The van der Waals surface area contributed by atoms with Gasteiger partial charge in [-0.05, 0) is 59.7 Å². The van der Waals surface area contributed by atoms with Gasteiger partial charge in [-0.1, -0.05) is 140 Å². The van der Waals surface area contributed by atoms with Crippen LogP contribution >= 0.6 is 11.3 Å². The van der Waals surface area contributed by atoms with Crippen molar-refractivity contribution in [1.82, 2.24) is 24.1 Å². The molecule has 12 aromatic rings. The van der Waals surface area contributed by atoms with Gasteiger partial charge in [0.25, 0.3) is 0 Å². The summed E-state index contributed by atoms with van der Waals surface area (Å²) in [6, 6.07) is 66.6. The Hall–Kier alpha value is -7.41. The highest BCUT2D eigenvalue weighted by Gasteiger charge is 2.21. The number of fused-ring (bicyclic) bond motifs is 9. The summed E-state index contributed by atoms with van der Waals surface area (Å²) in [5, 5.41) is 7.28. The van der Waals surface area contributed by atoms with E-state index in [1.807, 2.05) is 29.5 Å². The second kappa shape index (κ2) is 12.6. The van der Waals surface area contributed by atoms with Crippen molar-refractivity contribution in [2.45, 2.75) is 0 Å².